The molecule has 1 unspecified atom stereocenters. The van der Waals surface area contributed by atoms with E-state index in [0.29, 0.717) is 25.7 Å². The number of benzene rings is 1. The van der Waals surface area contributed by atoms with Gasteiger partial charge in [0, 0.05) is 6.04 Å². The molecule has 0 spiro atoms. The summed E-state index contributed by atoms with van der Waals surface area (Å²) in [5, 5.41) is 9.98. The first-order valence-corrected chi connectivity index (χ1v) is 8.89. The van der Waals surface area contributed by atoms with Crippen LogP contribution in [-0.2, 0) is 9.53 Å². The number of carboxylic acid groups (broad SMARTS) is 1. The van der Waals surface area contributed by atoms with Crippen molar-refractivity contribution in [3.05, 3.63) is 35.9 Å². The maximum absolute atomic E-state index is 12.2. The summed E-state index contributed by atoms with van der Waals surface area (Å²) in [6, 6.07) is 9.51. The zero-order chi connectivity index (χ0) is 18.6. The predicted octanol–water partition coefficient (Wildman–Crippen LogP) is 4.49. The Kier molecular flexibility index (Phi) is 6.09. The lowest BCUT2D eigenvalue weighted by atomic mass is 9.78. The fourth-order valence-corrected chi connectivity index (χ4v) is 3.95. The van der Waals surface area contributed by atoms with Gasteiger partial charge in [0.25, 0.3) is 0 Å². The monoisotopic (exact) mass is 347 g/mol. The summed E-state index contributed by atoms with van der Waals surface area (Å²) in [7, 11) is 1.41. The molecule has 1 N–H and O–H groups in total. The third kappa shape index (κ3) is 4.53. The molecule has 1 amide bonds. The number of amides is 1. The molecule has 0 saturated heterocycles. The van der Waals surface area contributed by atoms with Crippen molar-refractivity contribution in [1.82, 2.24) is 4.90 Å². The van der Waals surface area contributed by atoms with Crippen LogP contribution in [0.4, 0.5) is 4.79 Å². The Morgan fingerprint density at radius 2 is 1.68 bits per heavy atom. The molecule has 5 heteroatoms. The van der Waals surface area contributed by atoms with Crippen molar-refractivity contribution in [3.8, 4) is 0 Å². The van der Waals surface area contributed by atoms with Crippen molar-refractivity contribution >= 4 is 12.1 Å². The lowest BCUT2D eigenvalue weighted by molar-refractivity contribution is -0.147. The number of hydrogen-bond donors (Lipinski definition) is 1. The van der Waals surface area contributed by atoms with Crippen LogP contribution in [-0.4, -0.2) is 35.2 Å². The van der Waals surface area contributed by atoms with Gasteiger partial charge < -0.3 is 9.84 Å². The van der Waals surface area contributed by atoms with Gasteiger partial charge in [-0.2, -0.15) is 0 Å². The number of hydrogen-bond acceptors (Lipinski definition) is 3. The van der Waals surface area contributed by atoms with E-state index in [0.717, 1.165) is 5.56 Å². The summed E-state index contributed by atoms with van der Waals surface area (Å²) in [6.07, 6.45) is 1.82. The Hall–Kier alpha value is -2.04. The van der Waals surface area contributed by atoms with Gasteiger partial charge in [-0.05, 0) is 36.7 Å². The highest BCUT2D eigenvalue weighted by Crippen LogP contribution is 2.42. The third-order valence-electron chi connectivity index (χ3n) is 5.06. The number of nitrogens with zero attached hydrogens (tertiary/aromatic N) is 1. The van der Waals surface area contributed by atoms with Crippen molar-refractivity contribution in [2.24, 2.45) is 11.3 Å². The lowest BCUT2D eigenvalue weighted by Gasteiger charge is -2.45. The molecule has 1 aliphatic carbocycles. The molecule has 0 aliphatic heterocycles. The molecule has 1 atom stereocenters. The topological polar surface area (TPSA) is 66.8 Å². The van der Waals surface area contributed by atoms with Gasteiger partial charge in [-0.3, -0.25) is 9.69 Å². The largest absolute Gasteiger partial charge is 0.469 e. The molecule has 1 aromatic rings. The van der Waals surface area contributed by atoms with E-state index in [9.17, 15) is 14.7 Å². The molecule has 25 heavy (non-hydrogen) atoms. The van der Waals surface area contributed by atoms with E-state index in [-0.39, 0.29) is 29.4 Å². The molecule has 1 fully saturated rings. The van der Waals surface area contributed by atoms with Gasteiger partial charge in [-0.25, -0.2) is 4.79 Å². The van der Waals surface area contributed by atoms with Gasteiger partial charge >= 0.3 is 12.1 Å². The maximum atomic E-state index is 12.2. The Bertz CT molecular complexity index is 585. The van der Waals surface area contributed by atoms with Gasteiger partial charge in [0.05, 0.1) is 19.1 Å². The van der Waals surface area contributed by atoms with E-state index in [1.165, 1.54) is 7.11 Å². The number of esters is 1. The van der Waals surface area contributed by atoms with Crippen molar-refractivity contribution in [3.63, 3.8) is 0 Å². The average Bonchev–Trinajstić information content (AvgIpc) is 2.58. The Morgan fingerprint density at radius 3 is 2.12 bits per heavy atom. The van der Waals surface area contributed by atoms with E-state index in [4.69, 9.17) is 4.74 Å². The number of carbonyl (C=O) groups excluding carboxylic acids is 1. The molecule has 0 radical (unpaired) electrons. The molecule has 1 saturated carbocycles. The van der Waals surface area contributed by atoms with Crippen molar-refractivity contribution in [2.75, 3.05) is 7.11 Å². The van der Waals surface area contributed by atoms with Crippen LogP contribution in [0.3, 0.4) is 0 Å². The second-order valence-electron chi connectivity index (χ2n) is 7.90. The highest BCUT2D eigenvalue weighted by atomic mass is 16.5. The molecule has 0 heterocycles. The van der Waals surface area contributed by atoms with Crippen LogP contribution in [0.25, 0.3) is 0 Å². The maximum Gasteiger partial charge on any atom is 0.408 e. The molecule has 1 aromatic carbocycles. The van der Waals surface area contributed by atoms with Crippen LogP contribution < -0.4 is 0 Å². The highest BCUT2D eigenvalue weighted by Gasteiger charge is 2.40. The first kappa shape index (κ1) is 19.3. The second kappa shape index (κ2) is 7.89. The fourth-order valence-electron chi connectivity index (χ4n) is 3.95. The molecule has 0 bridgehead atoms. The van der Waals surface area contributed by atoms with E-state index >= 15 is 0 Å². The summed E-state index contributed by atoms with van der Waals surface area (Å²) in [4.78, 5) is 25.5. The van der Waals surface area contributed by atoms with E-state index in [1.807, 2.05) is 30.3 Å². The van der Waals surface area contributed by atoms with Crippen LogP contribution in [0, 0.1) is 11.3 Å². The molecule has 138 valence electrons. The number of rotatable bonds is 4. The summed E-state index contributed by atoms with van der Waals surface area (Å²) in [5.74, 6) is -0.294. The zero-order valence-corrected chi connectivity index (χ0v) is 15.6. The van der Waals surface area contributed by atoms with Crippen molar-refractivity contribution in [2.45, 2.75) is 58.5 Å². The number of ether oxygens (including phenoxy) is 1. The first-order chi connectivity index (χ1) is 11.8. The van der Waals surface area contributed by atoms with Crippen LogP contribution in [0.1, 0.15) is 58.1 Å². The predicted molar refractivity (Wildman–Crippen MR) is 96.3 cm³/mol. The normalized spacial score (nSPS) is 22.1. The van der Waals surface area contributed by atoms with E-state index in [2.05, 4.69) is 20.8 Å². The van der Waals surface area contributed by atoms with E-state index < -0.39 is 6.09 Å². The summed E-state index contributed by atoms with van der Waals surface area (Å²) < 4.78 is 4.84. The van der Waals surface area contributed by atoms with Gasteiger partial charge in [0.2, 0.25) is 0 Å². The highest BCUT2D eigenvalue weighted by molar-refractivity contribution is 5.72. The van der Waals surface area contributed by atoms with Crippen molar-refractivity contribution in [1.29, 1.82) is 0 Å². The summed E-state index contributed by atoms with van der Waals surface area (Å²) in [5.41, 5.74) is 0.770. The lowest BCUT2D eigenvalue weighted by Crippen LogP contribution is -2.48. The minimum absolute atomic E-state index is 0.0807. The fraction of sp³-hybridized carbons (Fsp3) is 0.600. The van der Waals surface area contributed by atoms with E-state index in [1.54, 1.807) is 4.90 Å². The van der Waals surface area contributed by atoms with Crippen LogP contribution in [0.5, 0.6) is 0 Å². The standard InChI is InChI=1S/C20H29NO4/c1-20(2,3)17(14-8-6-5-7-9-14)21(19(23)24)16-12-10-15(11-13-16)18(22)25-4/h5-9,15-17H,10-13H2,1-4H3,(H,23,24). The molecule has 0 aromatic heterocycles. The summed E-state index contributed by atoms with van der Waals surface area (Å²) >= 11 is 0. The van der Waals surface area contributed by atoms with Gasteiger partial charge in [0.15, 0.2) is 0 Å². The second-order valence-corrected chi connectivity index (χ2v) is 7.90. The smallest absolute Gasteiger partial charge is 0.408 e. The van der Waals surface area contributed by atoms with Gasteiger partial charge in [-0.15, -0.1) is 0 Å². The SMILES string of the molecule is COC(=O)C1CCC(N(C(=O)O)C(c2ccccc2)C(C)(C)C)CC1. The van der Waals surface area contributed by atoms with Gasteiger partial charge in [0.1, 0.15) is 0 Å². The molecular formula is C20H29NO4. The first-order valence-electron chi connectivity index (χ1n) is 8.89. The molecular weight excluding hydrogens is 318 g/mol. The minimum Gasteiger partial charge on any atom is -0.469 e. The number of carbonyl (C=O) groups is 2. The minimum atomic E-state index is -0.898. The van der Waals surface area contributed by atoms with Crippen LogP contribution >= 0.6 is 0 Å². The van der Waals surface area contributed by atoms with Crippen molar-refractivity contribution < 1.29 is 19.4 Å². The Labute approximate surface area is 150 Å². The third-order valence-corrected chi connectivity index (χ3v) is 5.06. The van der Waals surface area contributed by atoms with Crippen LogP contribution in [0.2, 0.25) is 0 Å². The Balaban J connectivity index is 2.27. The zero-order valence-electron chi connectivity index (χ0n) is 15.6. The average molecular weight is 347 g/mol. The molecule has 5 nitrogen and oxygen atoms in total. The number of methoxy groups -OCH3 is 1. The molecule has 1 aliphatic rings. The summed E-state index contributed by atoms with van der Waals surface area (Å²) in [6.45, 7) is 6.21. The quantitative estimate of drug-likeness (QED) is 0.815. The molecule has 2 rings (SSSR count). The Morgan fingerprint density at radius 1 is 1.12 bits per heavy atom. The van der Waals surface area contributed by atoms with Gasteiger partial charge in [-0.1, -0.05) is 51.1 Å². The van der Waals surface area contributed by atoms with Crippen LogP contribution in [0.15, 0.2) is 30.3 Å².